The van der Waals surface area contributed by atoms with Gasteiger partial charge in [-0.05, 0) is 31.5 Å². The number of hydrogen-bond donors (Lipinski definition) is 1. The van der Waals surface area contributed by atoms with E-state index >= 15 is 0 Å². The third kappa shape index (κ3) is 2.17. The van der Waals surface area contributed by atoms with E-state index in [9.17, 15) is 0 Å². The van der Waals surface area contributed by atoms with Crippen LogP contribution in [0.1, 0.15) is 11.3 Å². The van der Waals surface area contributed by atoms with E-state index in [4.69, 9.17) is 11.6 Å². The number of rotatable bonds is 2. The molecule has 0 fully saturated rings. The zero-order chi connectivity index (χ0) is 16.1. The summed E-state index contributed by atoms with van der Waals surface area (Å²) in [6.45, 7) is 3.97. The normalized spacial score (nSPS) is 11.5. The summed E-state index contributed by atoms with van der Waals surface area (Å²) < 4.78 is 2.97. The summed E-state index contributed by atoms with van der Waals surface area (Å²) in [7, 11) is 1.94. The molecule has 0 aromatic carbocycles. The Labute approximate surface area is 141 Å². The van der Waals surface area contributed by atoms with Crippen molar-refractivity contribution in [3.05, 3.63) is 40.8 Å². The predicted octanol–water partition coefficient (Wildman–Crippen LogP) is 4.59. The summed E-state index contributed by atoms with van der Waals surface area (Å²) in [6.07, 6.45) is 3.50. The van der Waals surface area contributed by atoms with Gasteiger partial charge in [-0.2, -0.15) is 5.10 Å². The Morgan fingerprint density at radius 3 is 2.70 bits per heavy atom. The molecule has 4 aromatic rings. The first-order chi connectivity index (χ1) is 11.1. The number of nitrogens with zero attached hydrogens (tertiary/aromatic N) is 4. The minimum absolute atomic E-state index is 0.724. The van der Waals surface area contributed by atoms with Crippen LogP contribution in [-0.4, -0.2) is 19.7 Å². The highest BCUT2D eigenvalue weighted by atomic mass is 35.5. The first kappa shape index (κ1) is 14.4. The molecule has 23 heavy (non-hydrogen) atoms. The summed E-state index contributed by atoms with van der Waals surface area (Å²) in [5.74, 6) is 0.824. The number of nitrogens with one attached hydrogen (secondary N) is 1. The second kappa shape index (κ2) is 5.18. The lowest BCUT2D eigenvalue weighted by Gasteiger charge is -2.04. The van der Waals surface area contributed by atoms with Crippen LogP contribution >= 0.6 is 22.9 Å². The fourth-order valence-corrected chi connectivity index (χ4v) is 4.16. The molecule has 4 heterocycles. The largest absolute Gasteiger partial charge is 0.337 e. The van der Waals surface area contributed by atoms with E-state index in [0.717, 1.165) is 48.2 Å². The minimum atomic E-state index is 0.724. The van der Waals surface area contributed by atoms with Crippen LogP contribution in [0.2, 0.25) is 5.02 Å². The number of thiophene rings is 1. The second-order valence-corrected chi connectivity index (χ2v) is 6.81. The van der Waals surface area contributed by atoms with Crippen molar-refractivity contribution in [2.45, 2.75) is 13.8 Å². The van der Waals surface area contributed by atoms with Gasteiger partial charge >= 0.3 is 0 Å². The van der Waals surface area contributed by atoms with Crippen molar-refractivity contribution in [1.29, 1.82) is 0 Å². The molecule has 7 heteroatoms. The number of hydrogen-bond acceptors (Lipinski definition) is 5. The van der Waals surface area contributed by atoms with Gasteiger partial charge in [0.25, 0.3) is 0 Å². The molecule has 4 rings (SSSR count). The lowest BCUT2D eigenvalue weighted by atomic mass is 10.1. The molecule has 5 nitrogen and oxygen atoms in total. The van der Waals surface area contributed by atoms with Crippen molar-refractivity contribution in [2.24, 2.45) is 7.05 Å². The average molecular weight is 344 g/mol. The van der Waals surface area contributed by atoms with Crippen molar-refractivity contribution >= 4 is 54.9 Å². The highest BCUT2D eigenvalue weighted by Gasteiger charge is 2.20. The average Bonchev–Trinajstić information content (AvgIpc) is 3.05. The molecular weight excluding hydrogens is 330 g/mol. The predicted molar refractivity (Wildman–Crippen MR) is 95.9 cm³/mol. The van der Waals surface area contributed by atoms with E-state index in [0.29, 0.717) is 0 Å². The zero-order valence-corrected chi connectivity index (χ0v) is 14.5. The number of fused-ring (bicyclic) bond motifs is 3. The molecule has 0 bridgehead atoms. The van der Waals surface area contributed by atoms with Gasteiger partial charge in [0.05, 0.1) is 20.9 Å². The maximum Gasteiger partial charge on any atom is 0.170 e. The molecule has 0 atom stereocenters. The van der Waals surface area contributed by atoms with Crippen LogP contribution in [0.3, 0.4) is 0 Å². The van der Waals surface area contributed by atoms with E-state index in [1.165, 1.54) is 0 Å². The summed E-state index contributed by atoms with van der Waals surface area (Å²) >= 11 is 8.03. The van der Waals surface area contributed by atoms with Crippen LogP contribution in [-0.2, 0) is 7.05 Å². The van der Waals surface area contributed by atoms with Crippen molar-refractivity contribution in [3.63, 3.8) is 0 Å². The quantitative estimate of drug-likeness (QED) is 0.578. The molecule has 0 spiro atoms. The van der Waals surface area contributed by atoms with E-state index < -0.39 is 0 Å². The maximum atomic E-state index is 6.39. The Hall–Kier alpha value is -2.18. The monoisotopic (exact) mass is 343 g/mol. The molecule has 0 aliphatic carbocycles. The van der Waals surface area contributed by atoms with Crippen LogP contribution in [0.5, 0.6) is 0 Å². The molecule has 0 unspecified atom stereocenters. The van der Waals surface area contributed by atoms with Gasteiger partial charge in [-0.25, -0.2) is 4.98 Å². The van der Waals surface area contributed by atoms with Crippen molar-refractivity contribution < 1.29 is 0 Å². The van der Waals surface area contributed by atoms with Gasteiger partial charge < -0.3 is 5.32 Å². The SMILES string of the molecule is Cc1nc2sc3c(Nc4ccncc4)nn(C)c3c2c(C)c1Cl. The molecular formula is C16H14ClN5S. The Morgan fingerprint density at radius 1 is 1.22 bits per heavy atom. The van der Waals surface area contributed by atoms with Gasteiger partial charge in [0.15, 0.2) is 5.82 Å². The molecule has 116 valence electrons. The highest BCUT2D eigenvalue weighted by molar-refractivity contribution is 7.26. The number of pyridine rings is 2. The second-order valence-electron chi connectivity index (χ2n) is 5.43. The summed E-state index contributed by atoms with van der Waals surface area (Å²) in [6, 6.07) is 3.83. The van der Waals surface area contributed by atoms with Gasteiger partial charge in [-0.1, -0.05) is 11.6 Å². The number of halogens is 1. The van der Waals surface area contributed by atoms with E-state index in [2.05, 4.69) is 20.4 Å². The maximum absolute atomic E-state index is 6.39. The van der Waals surface area contributed by atoms with Crippen LogP contribution in [0.15, 0.2) is 24.5 Å². The highest BCUT2D eigenvalue weighted by Crippen LogP contribution is 2.41. The molecule has 0 aliphatic rings. The molecule has 4 aromatic heterocycles. The first-order valence-electron chi connectivity index (χ1n) is 7.15. The van der Waals surface area contributed by atoms with Crippen LogP contribution < -0.4 is 5.32 Å². The molecule has 0 radical (unpaired) electrons. The Bertz CT molecular complexity index is 1040. The van der Waals surface area contributed by atoms with Crippen molar-refractivity contribution in [2.75, 3.05) is 5.32 Å². The number of anilines is 2. The summed E-state index contributed by atoms with van der Waals surface area (Å²) in [5, 5.41) is 9.77. The standard InChI is InChI=1S/C16H14ClN5S/c1-8-11-13-14(23-16(11)19-9(2)12(8)17)15(21-22(13)3)20-10-4-6-18-7-5-10/h4-7H,1-3H3,(H,18,20,21). The minimum Gasteiger partial charge on any atom is -0.337 e. The van der Waals surface area contributed by atoms with Gasteiger partial charge in [-0.15, -0.1) is 11.3 Å². The zero-order valence-electron chi connectivity index (χ0n) is 12.9. The topological polar surface area (TPSA) is 55.6 Å². The first-order valence-corrected chi connectivity index (χ1v) is 8.34. The van der Waals surface area contributed by atoms with Gasteiger partial charge in [0.1, 0.15) is 4.83 Å². The van der Waals surface area contributed by atoms with E-state index in [1.807, 2.05) is 37.7 Å². The van der Waals surface area contributed by atoms with E-state index in [1.54, 1.807) is 23.7 Å². The Kier molecular flexibility index (Phi) is 3.25. The lowest BCUT2D eigenvalue weighted by molar-refractivity contribution is 0.803. The molecule has 0 amide bonds. The fraction of sp³-hybridized carbons (Fsp3) is 0.188. The number of aromatic nitrogens is 4. The van der Waals surface area contributed by atoms with E-state index in [-0.39, 0.29) is 0 Å². The van der Waals surface area contributed by atoms with Crippen LogP contribution in [0, 0.1) is 13.8 Å². The molecule has 0 saturated heterocycles. The smallest absolute Gasteiger partial charge is 0.170 e. The Balaban J connectivity index is 1.98. The molecule has 0 aliphatic heterocycles. The molecule has 1 N–H and O–H groups in total. The van der Waals surface area contributed by atoms with Gasteiger partial charge in [0, 0.05) is 30.5 Å². The van der Waals surface area contributed by atoms with Gasteiger partial charge in [-0.3, -0.25) is 9.67 Å². The van der Waals surface area contributed by atoms with Crippen molar-refractivity contribution in [1.82, 2.24) is 19.7 Å². The van der Waals surface area contributed by atoms with Crippen LogP contribution in [0.4, 0.5) is 11.5 Å². The third-order valence-corrected chi connectivity index (χ3v) is 5.52. The van der Waals surface area contributed by atoms with Crippen molar-refractivity contribution in [3.8, 4) is 0 Å². The Morgan fingerprint density at radius 2 is 1.96 bits per heavy atom. The van der Waals surface area contributed by atoms with Crippen LogP contribution in [0.25, 0.3) is 20.4 Å². The fourth-order valence-electron chi connectivity index (χ4n) is 2.78. The summed E-state index contributed by atoms with van der Waals surface area (Å²) in [4.78, 5) is 9.67. The number of aryl methyl sites for hydroxylation is 3. The van der Waals surface area contributed by atoms with Gasteiger partial charge in [0.2, 0.25) is 0 Å². The molecule has 0 saturated carbocycles. The third-order valence-electron chi connectivity index (χ3n) is 3.89. The summed E-state index contributed by atoms with van der Waals surface area (Å²) in [5.41, 5.74) is 3.93. The lowest BCUT2D eigenvalue weighted by Crippen LogP contribution is -1.95.